The number of hydrogen-bond donors (Lipinski definition) is 0. The molecule has 2 aromatic carbocycles. The van der Waals surface area contributed by atoms with E-state index in [4.69, 9.17) is 11.6 Å². The normalized spacial score (nSPS) is 23.7. The highest BCUT2D eigenvalue weighted by atomic mass is 35.5. The summed E-state index contributed by atoms with van der Waals surface area (Å²) in [5.74, 6) is -0.569. The Hall–Kier alpha value is -2.12. The molecular weight excluding hydrogens is 391 g/mol. The number of amides is 2. The first-order valence-corrected chi connectivity index (χ1v) is 10.8. The number of benzene rings is 2. The van der Waals surface area contributed by atoms with Gasteiger partial charge >= 0.3 is 6.03 Å². The van der Waals surface area contributed by atoms with Gasteiger partial charge in [-0.05, 0) is 42.3 Å². The van der Waals surface area contributed by atoms with Crippen LogP contribution in [0.2, 0.25) is 5.02 Å². The van der Waals surface area contributed by atoms with Crippen molar-refractivity contribution in [3.05, 3.63) is 64.4 Å². The highest BCUT2D eigenvalue weighted by Crippen LogP contribution is 2.37. The molecule has 2 atom stereocenters. The first kappa shape index (κ1) is 18.3. The Labute approximate surface area is 162 Å². The Balaban J connectivity index is 1.72. The molecule has 2 aromatic rings. The third kappa shape index (κ3) is 3.30. The van der Waals surface area contributed by atoms with E-state index in [1.807, 2.05) is 6.92 Å². The predicted molar refractivity (Wildman–Crippen MR) is 102 cm³/mol. The summed E-state index contributed by atoms with van der Waals surface area (Å²) >= 11 is 6.21. The Bertz CT molecular complexity index is 1030. The minimum atomic E-state index is -3.26. The fourth-order valence-electron chi connectivity index (χ4n) is 3.83. The first-order valence-electron chi connectivity index (χ1n) is 8.56. The quantitative estimate of drug-likeness (QED) is 0.731. The van der Waals surface area contributed by atoms with Crippen molar-refractivity contribution in [3.8, 4) is 0 Å². The molecule has 0 aliphatic carbocycles. The van der Waals surface area contributed by atoms with Crippen molar-refractivity contribution in [2.75, 3.05) is 16.4 Å². The molecule has 8 heteroatoms. The van der Waals surface area contributed by atoms with Crippen LogP contribution in [0.1, 0.15) is 11.1 Å². The summed E-state index contributed by atoms with van der Waals surface area (Å²) < 4.78 is 38.0. The third-order valence-corrected chi connectivity index (χ3v) is 7.26. The van der Waals surface area contributed by atoms with E-state index in [0.29, 0.717) is 16.3 Å². The second-order valence-corrected chi connectivity index (χ2v) is 9.62. The standard InChI is InChI=1S/C19H18ClFN2O3S/c1-12-5-6-15(8-16(12)20)23-18-11-27(25,26)10-17(18)22(19(23)24)9-13-3-2-4-14(21)7-13/h2-8,17-18H,9-11H2,1H3/t17-,18+/m0/s1. The molecule has 0 radical (unpaired) electrons. The minimum absolute atomic E-state index is 0.0885. The summed E-state index contributed by atoms with van der Waals surface area (Å²) in [5.41, 5.74) is 2.07. The van der Waals surface area contributed by atoms with Crippen LogP contribution >= 0.6 is 11.6 Å². The summed E-state index contributed by atoms with van der Waals surface area (Å²) in [6.07, 6.45) is 0. The molecule has 2 aliphatic heterocycles. The monoisotopic (exact) mass is 408 g/mol. The molecule has 0 saturated carbocycles. The zero-order chi connectivity index (χ0) is 19.3. The Morgan fingerprint density at radius 1 is 1.15 bits per heavy atom. The topological polar surface area (TPSA) is 57.7 Å². The van der Waals surface area contributed by atoms with Crippen molar-refractivity contribution in [2.45, 2.75) is 25.6 Å². The van der Waals surface area contributed by atoms with Crippen molar-refractivity contribution in [1.82, 2.24) is 4.90 Å². The molecule has 27 heavy (non-hydrogen) atoms. The molecular formula is C19H18ClFN2O3S. The van der Waals surface area contributed by atoms with Crippen molar-refractivity contribution in [1.29, 1.82) is 0 Å². The molecule has 2 fully saturated rings. The maximum absolute atomic E-state index is 13.5. The molecule has 2 aliphatic rings. The number of rotatable bonds is 3. The van der Waals surface area contributed by atoms with E-state index in [-0.39, 0.29) is 24.1 Å². The highest BCUT2D eigenvalue weighted by molar-refractivity contribution is 7.91. The van der Waals surface area contributed by atoms with Crippen LogP contribution in [0.15, 0.2) is 42.5 Å². The van der Waals surface area contributed by atoms with Gasteiger partial charge in [0.1, 0.15) is 5.82 Å². The molecule has 142 valence electrons. The fraction of sp³-hybridized carbons (Fsp3) is 0.316. The zero-order valence-corrected chi connectivity index (χ0v) is 16.2. The Morgan fingerprint density at radius 2 is 1.89 bits per heavy atom. The van der Waals surface area contributed by atoms with E-state index in [1.54, 1.807) is 30.3 Å². The maximum Gasteiger partial charge on any atom is 0.325 e. The highest BCUT2D eigenvalue weighted by Gasteiger charge is 2.53. The Kier molecular flexibility index (Phi) is 4.39. The van der Waals surface area contributed by atoms with Crippen LogP contribution in [0.4, 0.5) is 14.9 Å². The number of halogens is 2. The largest absolute Gasteiger partial charge is 0.325 e. The van der Waals surface area contributed by atoms with E-state index >= 15 is 0 Å². The number of carbonyl (C=O) groups excluding carboxylic acids is 1. The second-order valence-electron chi connectivity index (χ2n) is 7.06. The van der Waals surface area contributed by atoms with Crippen LogP contribution in [0, 0.1) is 12.7 Å². The van der Waals surface area contributed by atoms with Gasteiger partial charge in [0.2, 0.25) is 0 Å². The number of fused-ring (bicyclic) bond motifs is 1. The van der Waals surface area contributed by atoms with Crippen LogP contribution in [0.3, 0.4) is 0 Å². The van der Waals surface area contributed by atoms with Crippen molar-refractivity contribution in [2.24, 2.45) is 0 Å². The van der Waals surface area contributed by atoms with E-state index in [9.17, 15) is 17.6 Å². The molecule has 0 N–H and O–H groups in total. The second kappa shape index (κ2) is 6.49. The molecule has 0 bridgehead atoms. The number of aryl methyl sites for hydroxylation is 1. The number of sulfone groups is 1. The lowest BCUT2D eigenvalue weighted by Gasteiger charge is -2.23. The molecule has 0 aromatic heterocycles. The summed E-state index contributed by atoms with van der Waals surface area (Å²) in [6.45, 7) is 2.01. The van der Waals surface area contributed by atoms with E-state index < -0.39 is 27.7 Å². The van der Waals surface area contributed by atoms with E-state index in [2.05, 4.69) is 0 Å². The van der Waals surface area contributed by atoms with Crippen molar-refractivity contribution < 1.29 is 17.6 Å². The number of carbonyl (C=O) groups is 1. The average Bonchev–Trinajstić information content (AvgIpc) is 3.02. The number of hydrogen-bond acceptors (Lipinski definition) is 3. The minimum Gasteiger partial charge on any atom is -0.314 e. The Morgan fingerprint density at radius 3 is 2.59 bits per heavy atom. The van der Waals surface area contributed by atoms with E-state index in [0.717, 1.165) is 5.56 Å². The van der Waals surface area contributed by atoms with E-state index in [1.165, 1.54) is 21.9 Å². The van der Waals surface area contributed by atoms with Gasteiger partial charge in [-0.15, -0.1) is 0 Å². The van der Waals surface area contributed by atoms with Gasteiger partial charge in [0.15, 0.2) is 9.84 Å². The smallest absolute Gasteiger partial charge is 0.314 e. The van der Waals surface area contributed by atoms with Gasteiger partial charge in [0.05, 0.1) is 23.6 Å². The van der Waals surface area contributed by atoms with Crippen LogP contribution in [-0.2, 0) is 16.4 Å². The summed E-state index contributed by atoms with van der Waals surface area (Å²) in [7, 11) is -3.26. The van der Waals surface area contributed by atoms with Crippen LogP contribution in [0.25, 0.3) is 0 Å². The van der Waals surface area contributed by atoms with Gasteiger partial charge in [0, 0.05) is 17.3 Å². The predicted octanol–water partition coefficient (Wildman–Crippen LogP) is 3.40. The number of anilines is 1. The SMILES string of the molecule is Cc1ccc(N2C(=O)N(Cc3cccc(F)c3)[C@H]3CS(=O)(=O)C[C@H]32)cc1Cl. The van der Waals surface area contributed by atoms with Gasteiger partial charge in [-0.3, -0.25) is 4.90 Å². The summed E-state index contributed by atoms with van der Waals surface area (Å²) in [4.78, 5) is 16.2. The molecule has 4 rings (SSSR count). The summed E-state index contributed by atoms with van der Waals surface area (Å²) in [5, 5.41) is 0.515. The first-order chi connectivity index (χ1) is 12.7. The lowest BCUT2D eigenvalue weighted by molar-refractivity contribution is 0.206. The number of urea groups is 1. The molecule has 2 heterocycles. The van der Waals surface area contributed by atoms with Crippen molar-refractivity contribution >= 4 is 33.2 Å². The van der Waals surface area contributed by atoms with Gasteiger partial charge in [0.25, 0.3) is 0 Å². The van der Waals surface area contributed by atoms with Gasteiger partial charge in [-0.2, -0.15) is 0 Å². The molecule has 2 amide bonds. The van der Waals surface area contributed by atoms with Crippen LogP contribution in [-0.4, -0.2) is 42.9 Å². The number of nitrogens with zero attached hydrogens (tertiary/aromatic N) is 2. The van der Waals surface area contributed by atoms with Crippen LogP contribution in [0.5, 0.6) is 0 Å². The molecule has 5 nitrogen and oxygen atoms in total. The molecule has 2 saturated heterocycles. The summed E-state index contributed by atoms with van der Waals surface area (Å²) in [6, 6.07) is 10.0. The maximum atomic E-state index is 13.5. The van der Waals surface area contributed by atoms with Gasteiger partial charge < -0.3 is 4.90 Å². The molecule has 0 spiro atoms. The lowest BCUT2D eigenvalue weighted by Crippen LogP contribution is -2.37. The van der Waals surface area contributed by atoms with Gasteiger partial charge in [-0.25, -0.2) is 17.6 Å². The zero-order valence-electron chi connectivity index (χ0n) is 14.6. The molecule has 0 unspecified atom stereocenters. The fourth-order valence-corrected chi connectivity index (χ4v) is 5.95. The average molecular weight is 409 g/mol. The van der Waals surface area contributed by atoms with Crippen LogP contribution < -0.4 is 4.90 Å². The van der Waals surface area contributed by atoms with Crippen molar-refractivity contribution in [3.63, 3.8) is 0 Å². The lowest BCUT2D eigenvalue weighted by atomic mass is 10.1. The van der Waals surface area contributed by atoms with Gasteiger partial charge in [-0.1, -0.05) is 29.8 Å². The third-order valence-electron chi connectivity index (χ3n) is 5.15.